The number of rotatable bonds is 6. The van der Waals surface area contributed by atoms with Gasteiger partial charge in [0.1, 0.15) is 0 Å². The van der Waals surface area contributed by atoms with Gasteiger partial charge < -0.3 is 10.6 Å². The number of hydrogen-bond acceptors (Lipinski definition) is 1. The van der Waals surface area contributed by atoms with E-state index in [1.54, 1.807) is 0 Å². The number of unbranched alkanes of at least 4 members (excludes halogenated alkanes) is 1. The van der Waals surface area contributed by atoms with Crippen LogP contribution in [0.2, 0.25) is 0 Å². The number of benzene rings is 1. The molecule has 0 radical (unpaired) electrons. The maximum Gasteiger partial charge on any atom is 0.315 e. The van der Waals surface area contributed by atoms with Gasteiger partial charge in [0, 0.05) is 12.6 Å². The summed E-state index contributed by atoms with van der Waals surface area (Å²) in [4.78, 5) is 11.3. The van der Waals surface area contributed by atoms with E-state index < -0.39 is 0 Å². The third-order valence-corrected chi connectivity index (χ3v) is 3.21. The molecule has 98 valence electrons. The lowest BCUT2D eigenvalue weighted by atomic mass is 10.1. The number of carbonyl (C=O) groups excluding carboxylic acids is 1. The van der Waals surface area contributed by atoms with Crippen molar-refractivity contribution in [3.05, 3.63) is 35.4 Å². The van der Waals surface area contributed by atoms with E-state index in [1.165, 1.54) is 11.1 Å². The molecule has 3 heteroatoms. The molecule has 0 bridgehead atoms. The average Bonchev–Trinajstić information content (AvgIpc) is 3.15. The highest BCUT2D eigenvalue weighted by Crippen LogP contribution is 2.18. The Labute approximate surface area is 109 Å². The first kappa shape index (κ1) is 12.9. The molecule has 18 heavy (non-hydrogen) atoms. The molecule has 0 aliphatic heterocycles. The largest absolute Gasteiger partial charge is 0.338 e. The van der Waals surface area contributed by atoms with Crippen LogP contribution in [0.1, 0.15) is 36.8 Å². The van der Waals surface area contributed by atoms with Gasteiger partial charge in [-0.2, -0.15) is 0 Å². The zero-order valence-corrected chi connectivity index (χ0v) is 11.0. The van der Waals surface area contributed by atoms with Crippen molar-refractivity contribution >= 4 is 6.03 Å². The van der Waals surface area contributed by atoms with Crippen molar-refractivity contribution in [3.8, 4) is 0 Å². The second-order valence-corrected chi connectivity index (χ2v) is 5.12. The highest BCUT2D eigenvalue weighted by Gasteiger charge is 2.22. The van der Waals surface area contributed by atoms with Crippen LogP contribution in [0.4, 0.5) is 4.79 Å². The summed E-state index contributed by atoms with van der Waals surface area (Å²) >= 11 is 0. The topological polar surface area (TPSA) is 41.1 Å². The summed E-state index contributed by atoms with van der Waals surface area (Å²) in [6, 6.07) is 9.10. The van der Waals surface area contributed by atoms with Gasteiger partial charge in [-0.3, -0.25) is 0 Å². The second-order valence-electron chi connectivity index (χ2n) is 5.12. The summed E-state index contributed by atoms with van der Waals surface area (Å²) in [5.74, 6) is 0. The van der Waals surface area contributed by atoms with E-state index in [1.807, 2.05) is 0 Å². The maximum absolute atomic E-state index is 11.3. The number of amides is 2. The quantitative estimate of drug-likeness (QED) is 0.745. The zero-order valence-electron chi connectivity index (χ0n) is 11.0. The highest BCUT2D eigenvalue weighted by atomic mass is 16.2. The average molecular weight is 246 g/mol. The van der Waals surface area contributed by atoms with Crippen LogP contribution >= 0.6 is 0 Å². The van der Waals surface area contributed by atoms with Gasteiger partial charge in [-0.1, -0.05) is 29.8 Å². The van der Waals surface area contributed by atoms with Crippen LogP contribution in [0.3, 0.4) is 0 Å². The predicted octanol–water partition coefficient (Wildman–Crippen LogP) is 2.78. The van der Waals surface area contributed by atoms with E-state index in [-0.39, 0.29) is 6.03 Å². The van der Waals surface area contributed by atoms with Gasteiger partial charge >= 0.3 is 6.03 Å². The van der Waals surface area contributed by atoms with Crippen LogP contribution < -0.4 is 10.6 Å². The van der Waals surface area contributed by atoms with Crippen molar-refractivity contribution in [3.63, 3.8) is 0 Å². The molecule has 1 aliphatic carbocycles. The second kappa shape index (κ2) is 6.43. The van der Waals surface area contributed by atoms with Gasteiger partial charge in [0.15, 0.2) is 0 Å². The Balaban J connectivity index is 1.52. The Hall–Kier alpha value is -1.51. The summed E-state index contributed by atoms with van der Waals surface area (Å²) < 4.78 is 0. The maximum atomic E-state index is 11.3. The molecule has 1 fully saturated rings. The van der Waals surface area contributed by atoms with E-state index in [9.17, 15) is 4.79 Å². The van der Waals surface area contributed by atoms with Crippen LogP contribution in [0.15, 0.2) is 24.3 Å². The standard InChI is InChI=1S/C15H22N2O/c1-12-5-7-13(8-6-12)4-2-3-11-16-15(18)17-14-9-10-14/h5-8,14H,2-4,9-11H2,1H3,(H2,16,17,18). The lowest BCUT2D eigenvalue weighted by Gasteiger charge is -2.06. The molecule has 1 aliphatic rings. The zero-order chi connectivity index (χ0) is 12.8. The summed E-state index contributed by atoms with van der Waals surface area (Å²) in [5, 5.41) is 5.82. The summed E-state index contributed by atoms with van der Waals surface area (Å²) in [6.45, 7) is 2.87. The van der Waals surface area contributed by atoms with E-state index in [4.69, 9.17) is 0 Å². The molecule has 0 saturated heterocycles. The molecular weight excluding hydrogens is 224 g/mol. The van der Waals surface area contributed by atoms with Crippen molar-refractivity contribution in [1.29, 1.82) is 0 Å². The Bertz CT molecular complexity index is 382. The van der Waals surface area contributed by atoms with Gasteiger partial charge in [0.05, 0.1) is 0 Å². The third-order valence-electron chi connectivity index (χ3n) is 3.21. The first-order chi connectivity index (χ1) is 8.74. The molecule has 0 heterocycles. The van der Waals surface area contributed by atoms with Gasteiger partial charge in [0.2, 0.25) is 0 Å². The SMILES string of the molecule is Cc1ccc(CCCCNC(=O)NC2CC2)cc1. The lowest BCUT2D eigenvalue weighted by Crippen LogP contribution is -2.37. The summed E-state index contributed by atoms with van der Waals surface area (Å²) in [5.41, 5.74) is 2.68. The number of nitrogens with one attached hydrogen (secondary N) is 2. The molecule has 1 aromatic carbocycles. The molecule has 2 amide bonds. The van der Waals surface area contributed by atoms with Gasteiger partial charge in [-0.25, -0.2) is 4.79 Å². The van der Waals surface area contributed by atoms with Gasteiger partial charge in [0.25, 0.3) is 0 Å². The number of aryl methyl sites for hydroxylation is 2. The minimum Gasteiger partial charge on any atom is -0.338 e. The number of carbonyl (C=O) groups is 1. The van der Waals surface area contributed by atoms with Crippen LogP contribution in [0.25, 0.3) is 0 Å². The molecule has 1 saturated carbocycles. The fourth-order valence-electron chi connectivity index (χ4n) is 1.87. The minimum atomic E-state index is -0.00663. The van der Waals surface area contributed by atoms with Crippen LogP contribution in [-0.4, -0.2) is 18.6 Å². The van der Waals surface area contributed by atoms with E-state index in [2.05, 4.69) is 41.8 Å². The van der Waals surface area contributed by atoms with Crippen molar-refractivity contribution in [2.75, 3.05) is 6.54 Å². The van der Waals surface area contributed by atoms with Gasteiger partial charge in [-0.15, -0.1) is 0 Å². The molecule has 0 spiro atoms. The smallest absolute Gasteiger partial charge is 0.315 e. The third kappa shape index (κ3) is 4.78. The molecule has 0 atom stereocenters. The van der Waals surface area contributed by atoms with Crippen molar-refractivity contribution < 1.29 is 4.79 Å². The number of hydrogen-bond donors (Lipinski definition) is 2. The Morgan fingerprint density at radius 2 is 1.94 bits per heavy atom. The fourth-order valence-corrected chi connectivity index (χ4v) is 1.87. The Morgan fingerprint density at radius 1 is 1.22 bits per heavy atom. The summed E-state index contributed by atoms with van der Waals surface area (Å²) in [6.07, 6.45) is 5.52. The first-order valence-electron chi connectivity index (χ1n) is 6.84. The fraction of sp³-hybridized carbons (Fsp3) is 0.533. The molecule has 1 aromatic rings. The molecular formula is C15H22N2O. The van der Waals surface area contributed by atoms with Crippen LogP contribution in [-0.2, 0) is 6.42 Å². The van der Waals surface area contributed by atoms with Gasteiger partial charge in [-0.05, 0) is 44.6 Å². The predicted molar refractivity (Wildman–Crippen MR) is 73.7 cm³/mol. The Kier molecular flexibility index (Phi) is 4.62. The molecule has 2 rings (SSSR count). The van der Waals surface area contributed by atoms with E-state index in [0.29, 0.717) is 6.04 Å². The van der Waals surface area contributed by atoms with E-state index in [0.717, 1.165) is 38.6 Å². The van der Waals surface area contributed by atoms with Crippen molar-refractivity contribution in [1.82, 2.24) is 10.6 Å². The monoisotopic (exact) mass is 246 g/mol. The number of urea groups is 1. The Morgan fingerprint density at radius 3 is 2.61 bits per heavy atom. The van der Waals surface area contributed by atoms with Crippen LogP contribution in [0.5, 0.6) is 0 Å². The van der Waals surface area contributed by atoms with Crippen LogP contribution in [0, 0.1) is 6.92 Å². The highest BCUT2D eigenvalue weighted by molar-refractivity contribution is 5.74. The molecule has 3 nitrogen and oxygen atoms in total. The van der Waals surface area contributed by atoms with Crippen molar-refractivity contribution in [2.45, 2.75) is 45.1 Å². The van der Waals surface area contributed by atoms with Crippen molar-refractivity contribution in [2.24, 2.45) is 0 Å². The summed E-state index contributed by atoms with van der Waals surface area (Å²) in [7, 11) is 0. The first-order valence-corrected chi connectivity index (χ1v) is 6.84. The minimum absolute atomic E-state index is 0.00663. The molecule has 2 N–H and O–H groups in total. The lowest BCUT2D eigenvalue weighted by molar-refractivity contribution is 0.240. The molecule has 0 unspecified atom stereocenters. The molecule has 0 aromatic heterocycles. The van der Waals surface area contributed by atoms with E-state index >= 15 is 0 Å². The normalized spacial score (nSPS) is 14.3.